The van der Waals surface area contributed by atoms with Gasteiger partial charge in [0, 0.05) is 31.0 Å². The van der Waals surface area contributed by atoms with Crippen LogP contribution in [0.5, 0.6) is 11.5 Å². The summed E-state index contributed by atoms with van der Waals surface area (Å²) in [6.07, 6.45) is 2.37. The topological polar surface area (TPSA) is 123 Å². The summed E-state index contributed by atoms with van der Waals surface area (Å²) in [6.45, 7) is 1.33. The van der Waals surface area contributed by atoms with E-state index >= 15 is 0 Å². The van der Waals surface area contributed by atoms with Crippen molar-refractivity contribution in [3.8, 4) is 11.5 Å². The molecule has 2 aliphatic rings. The minimum atomic E-state index is -3.99. The van der Waals surface area contributed by atoms with Crippen molar-refractivity contribution >= 4 is 33.3 Å². The third-order valence-corrected chi connectivity index (χ3v) is 4.61. The number of anilines is 1. The van der Waals surface area contributed by atoms with Gasteiger partial charge in [-0.05, 0) is 0 Å². The smallest absolute Gasteiger partial charge is 0.336 e. The van der Waals surface area contributed by atoms with E-state index in [4.69, 9.17) is 9.47 Å². The van der Waals surface area contributed by atoms with Crippen LogP contribution >= 0.6 is 0 Å². The number of rotatable bonds is 4. The molecule has 0 atom stereocenters. The summed E-state index contributed by atoms with van der Waals surface area (Å²) in [4.78, 5) is 26.9. The molecule has 2 heterocycles. The van der Waals surface area contributed by atoms with Crippen LogP contribution in [0, 0.1) is 5.82 Å². The molecule has 0 spiro atoms. The summed E-state index contributed by atoms with van der Waals surface area (Å²) >= 11 is 0. The van der Waals surface area contributed by atoms with Gasteiger partial charge in [-0.25, -0.2) is 22.4 Å². The van der Waals surface area contributed by atoms with E-state index in [2.05, 4.69) is 15.6 Å². The molecular formula is C15H14FN3O6S. The molecule has 0 aliphatic carbocycles. The summed E-state index contributed by atoms with van der Waals surface area (Å²) in [5, 5.41) is 5.73. The van der Waals surface area contributed by atoms with Crippen LogP contribution in [0.25, 0.3) is 0 Å². The third kappa shape index (κ3) is 3.67. The summed E-state index contributed by atoms with van der Waals surface area (Å²) in [7, 11) is -3.99. The van der Waals surface area contributed by atoms with Crippen molar-refractivity contribution < 1.29 is 31.9 Å². The molecule has 0 radical (unpaired) electrons. The van der Waals surface area contributed by atoms with Crippen molar-refractivity contribution in [1.82, 2.24) is 5.32 Å². The summed E-state index contributed by atoms with van der Waals surface area (Å²) in [5.74, 6) is -4.01. The fourth-order valence-electron chi connectivity index (χ4n) is 2.43. The first kappa shape index (κ1) is 17.9. The maximum Gasteiger partial charge on any atom is 0.336 e. The molecule has 1 aromatic rings. The number of ether oxygens (including phenoxy) is 2. The van der Waals surface area contributed by atoms with E-state index in [1.807, 2.05) is 0 Å². The van der Waals surface area contributed by atoms with Crippen molar-refractivity contribution in [3.05, 3.63) is 24.0 Å². The number of sulfone groups is 1. The zero-order valence-corrected chi connectivity index (χ0v) is 14.4. The van der Waals surface area contributed by atoms with Gasteiger partial charge in [0.05, 0.1) is 18.8 Å². The van der Waals surface area contributed by atoms with Crippen LogP contribution < -0.4 is 20.1 Å². The van der Waals surface area contributed by atoms with Crippen LogP contribution in [-0.4, -0.2) is 52.1 Å². The molecule has 0 bridgehead atoms. The number of aliphatic imine (C=N–C) groups is 1. The van der Waals surface area contributed by atoms with Gasteiger partial charge in [-0.3, -0.25) is 4.99 Å². The zero-order valence-electron chi connectivity index (χ0n) is 13.5. The van der Waals surface area contributed by atoms with Gasteiger partial charge in [0.2, 0.25) is 5.75 Å². The Labute approximate surface area is 147 Å². The molecule has 1 aromatic carbocycles. The maximum absolute atomic E-state index is 14.4. The van der Waals surface area contributed by atoms with Gasteiger partial charge < -0.3 is 20.1 Å². The van der Waals surface area contributed by atoms with Crippen molar-refractivity contribution in [2.45, 2.75) is 4.90 Å². The lowest BCUT2D eigenvalue weighted by Gasteiger charge is -2.19. The number of nitrogens with one attached hydrogen (secondary N) is 2. The fraction of sp³-hybridized carbons (Fsp3) is 0.267. The van der Waals surface area contributed by atoms with E-state index in [9.17, 15) is 22.4 Å². The Morgan fingerprint density at radius 3 is 2.46 bits per heavy atom. The van der Waals surface area contributed by atoms with Crippen LogP contribution in [0.1, 0.15) is 0 Å². The Kier molecular flexibility index (Phi) is 4.64. The molecule has 0 saturated carbocycles. The van der Waals surface area contributed by atoms with E-state index in [0.29, 0.717) is 18.9 Å². The summed E-state index contributed by atoms with van der Waals surface area (Å²) < 4.78 is 48.7. The van der Waals surface area contributed by atoms with Gasteiger partial charge in [0.25, 0.3) is 0 Å². The standard InChI is InChI=1S/C15H14FN3O6S/c1-26(22,23)15-9(19-7-10-17-4-5-18-10)6-8(16)13-14(15)25-12(21)3-2-11(20)24-13/h2-3,6,19H,4-5,7H2,1H3,(H,17,18)/b3-2+. The van der Waals surface area contributed by atoms with Crippen molar-refractivity contribution in [3.63, 3.8) is 0 Å². The third-order valence-electron chi connectivity index (χ3n) is 3.47. The first-order chi connectivity index (χ1) is 12.3. The van der Waals surface area contributed by atoms with Gasteiger partial charge in [-0.2, -0.15) is 0 Å². The van der Waals surface area contributed by atoms with E-state index in [1.54, 1.807) is 0 Å². The Balaban J connectivity index is 2.12. The number of benzene rings is 1. The lowest BCUT2D eigenvalue weighted by atomic mass is 10.2. The monoisotopic (exact) mass is 383 g/mol. The number of hydrogen-bond donors (Lipinski definition) is 2. The number of halogens is 1. The predicted molar refractivity (Wildman–Crippen MR) is 88.7 cm³/mol. The molecule has 0 saturated heterocycles. The highest BCUT2D eigenvalue weighted by molar-refractivity contribution is 7.91. The van der Waals surface area contributed by atoms with Gasteiger partial charge >= 0.3 is 11.9 Å². The van der Waals surface area contributed by atoms with Crippen molar-refractivity contribution in [1.29, 1.82) is 0 Å². The van der Waals surface area contributed by atoms with E-state index in [1.165, 1.54) is 0 Å². The van der Waals surface area contributed by atoms with E-state index in [0.717, 1.165) is 24.5 Å². The number of amidine groups is 1. The largest absolute Gasteiger partial charge is 0.418 e. The molecule has 3 rings (SSSR count). The highest BCUT2D eigenvalue weighted by atomic mass is 32.2. The molecular weight excluding hydrogens is 369 g/mol. The quantitative estimate of drug-likeness (QED) is 0.424. The number of hydrogen-bond acceptors (Lipinski definition) is 9. The lowest BCUT2D eigenvalue weighted by Crippen LogP contribution is -2.27. The number of carbonyl (C=O) groups is 2. The molecule has 11 heteroatoms. The Morgan fingerprint density at radius 2 is 1.88 bits per heavy atom. The Bertz CT molecular complexity index is 955. The van der Waals surface area contributed by atoms with Crippen LogP contribution in [-0.2, 0) is 19.4 Å². The molecule has 0 fully saturated rings. The summed E-state index contributed by atoms with van der Waals surface area (Å²) in [6, 6.07) is 0.858. The van der Waals surface area contributed by atoms with Gasteiger partial charge in [-0.15, -0.1) is 0 Å². The SMILES string of the molecule is CS(=O)(=O)c1c(NCC2=NCCN2)cc(F)c2c1OC(=O)/C=C/C(=O)O2. The Morgan fingerprint density at radius 1 is 1.23 bits per heavy atom. The van der Waals surface area contributed by atoms with Gasteiger partial charge in [-0.1, -0.05) is 0 Å². The van der Waals surface area contributed by atoms with Crippen molar-refractivity contribution in [2.24, 2.45) is 4.99 Å². The number of esters is 2. The highest BCUT2D eigenvalue weighted by Crippen LogP contribution is 2.42. The average molecular weight is 383 g/mol. The van der Waals surface area contributed by atoms with Crippen molar-refractivity contribution in [2.75, 3.05) is 31.2 Å². The van der Waals surface area contributed by atoms with E-state index < -0.39 is 44.0 Å². The first-order valence-electron chi connectivity index (χ1n) is 7.45. The van der Waals surface area contributed by atoms with Crippen LogP contribution in [0.4, 0.5) is 10.1 Å². The average Bonchev–Trinajstić information content (AvgIpc) is 3.05. The molecule has 0 aromatic heterocycles. The minimum Gasteiger partial charge on any atom is -0.418 e. The van der Waals surface area contributed by atoms with Gasteiger partial charge in [0.15, 0.2) is 21.4 Å². The number of carbonyl (C=O) groups excluding carboxylic acids is 2. The highest BCUT2D eigenvalue weighted by Gasteiger charge is 2.31. The second-order valence-corrected chi connectivity index (χ2v) is 7.40. The second kappa shape index (κ2) is 6.75. The molecule has 26 heavy (non-hydrogen) atoms. The molecule has 138 valence electrons. The second-order valence-electron chi connectivity index (χ2n) is 5.45. The van der Waals surface area contributed by atoms with Crippen LogP contribution in [0.3, 0.4) is 0 Å². The number of nitrogens with zero attached hydrogens (tertiary/aromatic N) is 1. The molecule has 2 N–H and O–H groups in total. The summed E-state index contributed by atoms with van der Waals surface area (Å²) in [5.41, 5.74) is -0.145. The van der Waals surface area contributed by atoms with E-state index in [-0.39, 0.29) is 12.2 Å². The molecule has 0 unspecified atom stereocenters. The lowest BCUT2D eigenvalue weighted by molar-refractivity contribution is -0.133. The first-order valence-corrected chi connectivity index (χ1v) is 9.34. The molecule has 0 amide bonds. The predicted octanol–water partition coefficient (Wildman–Crippen LogP) is 0.0234. The van der Waals surface area contributed by atoms with Crippen LogP contribution in [0.15, 0.2) is 28.1 Å². The molecule has 2 aliphatic heterocycles. The van der Waals surface area contributed by atoms with Gasteiger partial charge in [0.1, 0.15) is 10.7 Å². The molecule has 9 nitrogen and oxygen atoms in total. The fourth-order valence-corrected chi connectivity index (χ4v) is 3.43. The maximum atomic E-state index is 14.4. The Hall–Kier alpha value is -2.95. The van der Waals surface area contributed by atoms with Crippen LogP contribution in [0.2, 0.25) is 0 Å². The normalized spacial score (nSPS) is 17.8. The number of fused-ring (bicyclic) bond motifs is 1. The zero-order chi connectivity index (χ0) is 18.9. The minimum absolute atomic E-state index is 0.106.